The molecule has 0 amide bonds. The second kappa shape index (κ2) is 7.65. The maximum atomic E-state index is 10.5. The lowest BCUT2D eigenvalue weighted by Gasteiger charge is -1.98. The SMILES string of the molecule is CCOCCCSc1nc(CC(=O)O)cs1. The lowest BCUT2D eigenvalue weighted by atomic mass is 10.3. The van der Waals surface area contributed by atoms with Gasteiger partial charge in [-0.05, 0) is 13.3 Å². The molecule has 6 heteroatoms. The van der Waals surface area contributed by atoms with Crippen LogP contribution in [0, 0.1) is 0 Å². The van der Waals surface area contributed by atoms with Crippen LogP contribution in [-0.2, 0) is 16.0 Å². The van der Waals surface area contributed by atoms with Crippen LogP contribution in [0.1, 0.15) is 19.0 Å². The summed E-state index contributed by atoms with van der Waals surface area (Å²) in [6.07, 6.45) is 1.00. The summed E-state index contributed by atoms with van der Waals surface area (Å²) >= 11 is 3.16. The van der Waals surface area contributed by atoms with Crippen LogP contribution in [0.5, 0.6) is 0 Å². The quantitative estimate of drug-likeness (QED) is 0.574. The summed E-state index contributed by atoms with van der Waals surface area (Å²) in [5.41, 5.74) is 0.643. The minimum absolute atomic E-state index is 0.00993. The lowest BCUT2D eigenvalue weighted by Crippen LogP contribution is -1.99. The van der Waals surface area contributed by atoms with Crippen molar-refractivity contribution >= 4 is 29.1 Å². The molecule has 1 aromatic heterocycles. The fourth-order valence-electron chi connectivity index (χ4n) is 1.06. The Labute approximate surface area is 103 Å². The van der Waals surface area contributed by atoms with Gasteiger partial charge in [0.1, 0.15) is 4.34 Å². The first-order valence-corrected chi connectivity index (χ1v) is 6.95. The van der Waals surface area contributed by atoms with E-state index in [1.807, 2.05) is 6.92 Å². The molecule has 0 aliphatic rings. The zero-order valence-corrected chi connectivity index (χ0v) is 10.8. The Morgan fingerprint density at radius 1 is 1.69 bits per heavy atom. The molecule has 0 unspecified atom stereocenters. The van der Waals surface area contributed by atoms with E-state index >= 15 is 0 Å². The Balaban J connectivity index is 2.21. The van der Waals surface area contributed by atoms with Gasteiger partial charge in [-0.1, -0.05) is 11.8 Å². The molecule has 0 radical (unpaired) electrons. The van der Waals surface area contributed by atoms with Crippen molar-refractivity contribution in [3.8, 4) is 0 Å². The van der Waals surface area contributed by atoms with Crippen molar-refractivity contribution < 1.29 is 14.6 Å². The number of hydrogen-bond donors (Lipinski definition) is 1. The summed E-state index contributed by atoms with van der Waals surface area (Å²) in [6, 6.07) is 0. The average Bonchev–Trinajstić information content (AvgIpc) is 2.64. The Morgan fingerprint density at radius 3 is 3.19 bits per heavy atom. The Kier molecular flexibility index (Phi) is 6.44. The minimum atomic E-state index is -0.835. The van der Waals surface area contributed by atoms with Gasteiger partial charge in [0.15, 0.2) is 0 Å². The van der Waals surface area contributed by atoms with Crippen LogP contribution in [0.15, 0.2) is 9.72 Å². The smallest absolute Gasteiger partial charge is 0.309 e. The molecule has 0 bridgehead atoms. The highest BCUT2D eigenvalue weighted by atomic mass is 32.2. The van der Waals surface area contributed by atoms with Crippen molar-refractivity contribution in [2.24, 2.45) is 0 Å². The molecule has 0 aliphatic carbocycles. The first-order valence-electron chi connectivity index (χ1n) is 5.09. The predicted molar refractivity (Wildman–Crippen MR) is 65.3 cm³/mol. The van der Waals surface area contributed by atoms with Crippen molar-refractivity contribution in [3.05, 3.63) is 11.1 Å². The minimum Gasteiger partial charge on any atom is -0.481 e. The molecular formula is C10H15NO3S2. The summed E-state index contributed by atoms with van der Waals surface area (Å²) in [6.45, 7) is 3.51. The monoisotopic (exact) mass is 261 g/mol. The van der Waals surface area contributed by atoms with E-state index in [1.165, 1.54) is 11.3 Å². The summed E-state index contributed by atoms with van der Waals surface area (Å²) in [4.78, 5) is 14.7. The third kappa shape index (κ3) is 5.48. The first-order chi connectivity index (χ1) is 7.72. The van der Waals surface area contributed by atoms with Crippen molar-refractivity contribution in [3.63, 3.8) is 0 Å². The van der Waals surface area contributed by atoms with Crippen molar-refractivity contribution in [1.29, 1.82) is 0 Å². The molecule has 0 atom stereocenters. The van der Waals surface area contributed by atoms with Crippen molar-refractivity contribution in [1.82, 2.24) is 4.98 Å². The first kappa shape index (κ1) is 13.5. The van der Waals surface area contributed by atoms with Crippen LogP contribution in [-0.4, -0.2) is 35.0 Å². The summed E-state index contributed by atoms with van der Waals surface area (Å²) in [5, 5.41) is 10.4. The second-order valence-electron chi connectivity index (χ2n) is 3.07. The van der Waals surface area contributed by atoms with Crippen LogP contribution in [0.3, 0.4) is 0 Å². The highest BCUT2D eigenvalue weighted by molar-refractivity contribution is 8.00. The topological polar surface area (TPSA) is 59.4 Å². The Bertz CT molecular complexity index is 328. The number of carbonyl (C=O) groups is 1. The summed E-state index contributed by atoms with van der Waals surface area (Å²) in [7, 11) is 0. The fraction of sp³-hybridized carbons (Fsp3) is 0.600. The normalized spacial score (nSPS) is 10.6. The third-order valence-corrected chi connectivity index (χ3v) is 3.88. The molecule has 1 aromatic rings. The number of nitrogens with zero attached hydrogens (tertiary/aromatic N) is 1. The zero-order chi connectivity index (χ0) is 11.8. The molecule has 4 nitrogen and oxygen atoms in total. The van der Waals surface area contributed by atoms with E-state index in [0.717, 1.165) is 29.7 Å². The van der Waals surface area contributed by atoms with Gasteiger partial charge in [-0.3, -0.25) is 4.79 Å². The van der Waals surface area contributed by atoms with Crippen LogP contribution >= 0.6 is 23.1 Å². The van der Waals surface area contributed by atoms with Gasteiger partial charge < -0.3 is 9.84 Å². The van der Waals surface area contributed by atoms with Crippen LogP contribution < -0.4 is 0 Å². The van der Waals surface area contributed by atoms with Gasteiger partial charge in [-0.25, -0.2) is 4.98 Å². The van der Waals surface area contributed by atoms with Crippen LogP contribution in [0.4, 0.5) is 0 Å². The predicted octanol–water partition coefficient (Wildman–Crippen LogP) is 2.29. The number of hydrogen-bond acceptors (Lipinski definition) is 5. The van der Waals surface area contributed by atoms with E-state index in [2.05, 4.69) is 4.98 Å². The molecule has 1 N–H and O–H groups in total. The molecular weight excluding hydrogens is 246 g/mol. The number of thioether (sulfide) groups is 1. The standard InChI is InChI=1S/C10H15NO3S2/c1-2-14-4-3-5-15-10-11-8(7-16-10)6-9(12)13/h7H,2-6H2,1H3,(H,12,13). The fourth-order valence-corrected chi connectivity index (χ4v) is 2.88. The van der Waals surface area contributed by atoms with E-state index in [9.17, 15) is 4.79 Å². The van der Waals surface area contributed by atoms with Gasteiger partial charge in [0, 0.05) is 24.3 Å². The number of ether oxygens (including phenoxy) is 1. The zero-order valence-electron chi connectivity index (χ0n) is 9.14. The number of rotatable bonds is 8. The number of aliphatic carboxylic acids is 1. The maximum absolute atomic E-state index is 10.5. The van der Waals surface area contributed by atoms with Crippen molar-refractivity contribution in [2.75, 3.05) is 19.0 Å². The summed E-state index contributed by atoms with van der Waals surface area (Å²) < 4.78 is 6.16. The molecule has 1 rings (SSSR count). The van der Waals surface area contributed by atoms with E-state index in [-0.39, 0.29) is 6.42 Å². The van der Waals surface area contributed by atoms with Gasteiger partial charge in [0.05, 0.1) is 12.1 Å². The molecule has 90 valence electrons. The van der Waals surface area contributed by atoms with Gasteiger partial charge in [-0.15, -0.1) is 11.3 Å². The highest BCUT2D eigenvalue weighted by Gasteiger charge is 2.06. The van der Waals surface area contributed by atoms with Crippen LogP contribution in [0.2, 0.25) is 0 Å². The number of aromatic nitrogens is 1. The average molecular weight is 261 g/mol. The third-order valence-electron chi connectivity index (χ3n) is 1.73. The Morgan fingerprint density at radius 2 is 2.50 bits per heavy atom. The Hall–Kier alpha value is -0.590. The highest BCUT2D eigenvalue weighted by Crippen LogP contribution is 2.23. The summed E-state index contributed by atoms with van der Waals surface area (Å²) in [5.74, 6) is 0.123. The van der Waals surface area contributed by atoms with E-state index < -0.39 is 5.97 Å². The van der Waals surface area contributed by atoms with Gasteiger partial charge >= 0.3 is 5.97 Å². The van der Waals surface area contributed by atoms with Gasteiger partial charge in [0.2, 0.25) is 0 Å². The molecule has 16 heavy (non-hydrogen) atoms. The molecule has 0 aromatic carbocycles. The maximum Gasteiger partial charge on any atom is 0.309 e. The number of carboxylic acids is 1. The largest absolute Gasteiger partial charge is 0.481 e. The molecule has 0 saturated heterocycles. The molecule has 0 saturated carbocycles. The van der Waals surface area contributed by atoms with E-state index in [1.54, 1.807) is 17.1 Å². The second-order valence-corrected chi connectivity index (χ2v) is 5.27. The molecule has 0 spiro atoms. The molecule has 0 fully saturated rings. The van der Waals surface area contributed by atoms with Crippen LogP contribution in [0.25, 0.3) is 0 Å². The number of carboxylic acid groups (broad SMARTS) is 1. The lowest BCUT2D eigenvalue weighted by molar-refractivity contribution is -0.136. The molecule has 1 heterocycles. The van der Waals surface area contributed by atoms with Crippen molar-refractivity contribution in [2.45, 2.75) is 24.1 Å². The van der Waals surface area contributed by atoms with Gasteiger partial charge in [0.25, 0.3) is 0 Å². The molecule has 0 aliphatic heterocycles. The number of thiazole rings is 1. The van der Waals surface area contributed by atoms with E-state index in [0.29, 0.717) is 5.69 Å². The van der Waals surface area contributed by atoms with E-state index in [4.69, 9.17) is 9.84 Å². The van der Waals surface area contributed by atoms with Gasteiger partial charge in [-0.2, -0.15) is 0 Å².